The third-order valence-electron chi connectivity index (χ3n) is 3.49. The van der Waals surface area contributed by atoms with Crippen LogP contribution in [0.2, 0.25) is 0 Å². The zero-order chi connectivity index (χ0) is 15.0. The Kier molecular flexibility index (Phi) is 4.18. The monoisotopic (exact) mass is 263 g/mol. The lowest BCUT2D eigenvalue weighted by Gasteiger charge is -2.34. The molecule has 0 unspecified atom stereocenters. The molecule has 0 amide bonds. The predicted molar refractivity (Wildman–Crippen MR) is 84.0 cm³/mol. The summed E-state index contributed by atoms with van der Waals surface area (Å²) in [6.07, 6.45) is 0. The van der Waals surface area contributed by atoms with Gasteiger partial charge in [0.25, 0.3) is 0 Å². The summed E-state index contributed by atoms with van der Waals surface area (Å²) >= 11 is 0. The molecule has 3 nitrogen and oxygen atoms in total. The van der Waals surface area contributed by atoms with Crippen LogP contribution in [0.25, 0.3) is 0 Å². The van der Waals surface area contributed by atoms with Gasteiger partial charge >= 0.3 is 0 Å². The van der Waals surface area contributed by atoms with Crippen LogP contribution < -0.4 is 5.32 Å². The highest BCUT2D eigenvalue weighted by atomic mass is 15.4. The van der Waals surface area contributed by atoms with Gasteiger partial charge in [-0.2, -0.15) is 0 Å². The van der Waals surface area contributed by atoms with Gasteiger partial charge in [0.1, 0.15) is 0 Å². The zero-order valence-electron chi connectivity index (χ0n) is 13.8. The fraction of sp³-hybridized carbons (Fsp3) is 0.688. The Morgan fingerprint density at radius 1 is 1.16 bits per heavy atom. The Balaban J connectivity index is 3.29. The van der Waals surface area contributed by atoms with Gasteiger partial charge in [-0.15, -0.1) is 0 Å². The fourth-order valence-electron chi connectivity index (χ4n) is 1.79. The number of aliphatic imine (C=N–C) groups is 1. The van der Waals surface area contributed by atoms with Crippen LogP contribution in [0, 0.1) is 5.41 Å². The van der Waals surface area contributed by atoms with Crippen LogP contribution in [0.4, 0.5) is 0 Å². The van der Waals surface area contributed by atoms with Crippen molar-refractivity contribution in [1.29, 1.82) is 0 Å². The minimum absolute atomic E-state index is 0.0429. The second kappa shape index (κ2) is 5.03. The largest absolute Gasteiger partial charge is 0.364 e. The molecule has 0 saturated heterocycles. The van der Waals surface area contributed by atoms with Gasteiger partial charge in [-0.3, -0.25) is 0 Å². The molecule has 0 spiro atoms. The van der Waals surface area contributed by atoms with Crippen molar-refractivity contribution in [3.63, 3.8) is 0 Å². The number of allylic oxidation sites excluding steroid dienone is 1. The first-order valence-corrected chi connectivity index (χ1v) is 6.92. The number of nitrogens with one attached hydrogen (secondary N) is 1. The van der Waals surface area contributed by atoms with E-state index in [4.69, 9.17) is 4.99 Å². The van der Waals surface area contributed by atoms with E-state index in [1.165, 1.54) is 0 Å². The predicted octanol–water partition coefficient (Wildman–Crippen LogP) is 3.90. The van der Waals surface area contributed by atoms with E-state index >= 15 is 0 Å². The Morgan fingerprint density at radius 2 is 1.68 bits per heavy atom. The van der Waals surface area contributed by atoms with E-state index in [2.05, 4.69) is 65.3 Å². The SMILES string of the molecule is C=C(C)C1=C(N=C(C)C(C)(C)C)N(C(C)(C)C)CN1. The highest BCUT2D eigenvalue weighted by Crippen LogP contribution is 2.30. The van der Waals surface area contributed by atoms with E-state index in [1.54, 1.807) is 0 Å². The van der Waals surface area contributed by atoms with Crippen molar-refractivity contribution in [3.8, 4) is 0 Å². The van der Waals surface area contributed by atoms with Gasteiger partial charge in [0.05, 0.1) is 12.4 Å². The van der Waals surface area contributed by atoms with Crippen molar-refractivity contribution < 1.29 is 0 Å². The van der Waals surface area contributed by atoms with Crippen molar-refractivity contribution in [2.75, 3.05) is 6.67 Å². The lowest BCUT2D eigenvalue weighted by Crippen LogP contribution is -2.40. The Labute approximate surface area is 118 Å². The van der Waals surface area contributed by atoms with Crippen LogP contribution in [0.5, 0.6) is 0 Å². The number of hydrogen-bond donors (Lipinski definition) is 1. The lowest BCUT2D eigenvalue weighted by molar-refractivity contribution is 0.195. The fourth-order valence-corrected chi connectivity index (χ4v) is 1.79. The normalized spacial score (nSPS) is 17.9. The number of nitrogens with zero attached hydrogens (tertiary/aromatic N) is 2. The molecule has 1 aliphatic rings. The molecule has 0 aliphatic carbocycles. The summed E-state index contributed by atoms with van der Waals surface area (Å²) < 4.78 is 0. The van der Waals surface area contributed by atoms with Crippen molar-refractivity contribution in [3.05, 3.63) is 23.7 Å². The van der Waals surface area contributed by atoms with Crippen LogP contribution in [0.1, 0.15) is 55.4 Å². The molecule has 3 heteroatoms. The summed E-state index contributed by atoms with van der Waals surface area (Å²) in [5, 5.41) is 3.42. The summed E-state index contributed by atoms with van der Waals surface area (Å²) in [4.78, 5) is 7.19. The third-order valence-corrected chi connectivity index (χ3v) is 3.49. The maximum atomic E-state index is 4.90. The molecule has 1 aliphatic heterocycles. The highest BCUT2D eigenvalue weighted by Gasteiger charge is 2.31. The summed E-state index contributed by atoms with van der Waals surface area (Å²) in [5.74, 6) is 1.02. The van der Waals surface area contributed by atoms with E-state index < -0.39 is 0 Å². The molecule has 1 N–H and O–H groups in total. The number of hydrogen-bond acceptors (Lipinski definition) is 3. The van der Waals surface area contributed by atoms with E-state index in [1.807, 2.05) is 6.92 Å². The van der Waals surface area contributed by atoms with Crippen molar-refractivity contribution >= 4 is 5.71 Å². The number of rotatable bonds is 2. The van der Waals surface area contributed by atoms with Gasteiger partial charge in [-0.05, 0) is 40.2 Å². The quantitative estimate of drug-likeness (QED) is 0.765. The van der Waals surface area contributed by atoms with Crippen molar-refractivity contribution in [2.45, 2.75) is 60.9 Å². The molecule has 0 bridgehead atoms. The molecule has 0 atom stereocenters. The second-order valence-corrected chi connectivity index (χ2v) is 7.36. The minimum Gasteiger partial charge on any atom is -0.364 e. The molecule has 0 radical (unpaired) electrons. The average molecular weight is 263 g/mol. The average Bonchev–Trinajstić information content (AvgIpc) is 2.59. The van der Waals surface area contributed by atoms with Crippen LogP contribution in [0.3, 0.4) is 0 Å². The molecular formula is C16H29N3. The van der Waals surface area contributed by atoms with Crippen LogP contribution >= 0.6 is 0 Å². The zero-order valence-corrected chi connectivity index (χ0v) is 13.8. The Bertz CT molecular complexity index is 428. The van der Waals surface area contributed by atoms with Gasteiger partial charge in [0.15, 0.2) is 5.82 Å². The molecule has 0 aromatic rings. The van der Waals surface area contributed by atoms with Gasteiger partial charge in [-0.1, -0.05) is 27.4 Å². The molecule has 108 valence electrons. The summed E-state index contributed by atoms with van der Waals surface area (Å²) in [5.41, 5.74) is 3.37. The minimum atomic E-state index is 0.0429. The topological polar surface area (TPSA) is 27.6 Å². The highest BCUT2D eigenvalue weighted by molar-refractivity contribution is 5.87. The first-order valence-electron chi connectivity index (χ1n) is 6.92. The lowest BCUT2D eigenvalue weighted by atomic mass is 9.91. The van der Waals surface area contributed by atoms with Crippen molar-refractivity contribution in [2.24, 2.45) is 10.4 Å². The molecule has 1 rings (SSSR count). The van der Waals surface area contributed by atoms with Gasteiger partial charge < -0.3 is 10.2 Å². The molecule has 0 fully saturated rings. The molecular weight excluding hydrogens is 234 g/mol. The molecule has 0 aromatic carbocycles. The van der Waals surface area contributed by atoms with E-state index in [-0.39, 0.29) is 11.0 Å². The molecule has 1 heterocycles. The van der Waals surface area contributed by atoms with Crippen LogP contribution in [0.15, 0.2) is 28.7 Å². The van der Waals surface area contributed by atoms with Crippen molar-refractivity contribution in [1.82, 2.24) is 10.2 Å². The molecule has 19 heavy (non-hydrogen) atoms. The smallest absolute Gasteiger partial charge is 0.154 e. The standard InChI is InChI=1S/C16H29N3/c1-11(2)13-14(18-12(3)15(4,5)6)19(10-17-13)16(7,8)9/h17H,1,10H2,2-9H3. The van der Waals surface area contributed by atoms with Gasteiger partial charge in [0.2, 0.25) is 0 Å². The maximum absolute atomic E-state index is 4.90. The van der Waals surface area contributed by atoms with Crippen LogP contribution in [-0.2, 0) is 0 Å². The maximum Gasteiger partial charge on any atom is 0.154 e. The molecule has 0 saturated carbocycles. The summed E-state index contributed by atoms with van der Waals surface area (Å²) in [6.45, 7) is 22.2. The Hall–Kier alpha value is -1.25. The molecule has 0 aromatic heterocycles. The first-order chi connectivity index (χ1) is 8.44. The van der Waals surface area contributed by atoms with Crippen LogP contribution in [-0.4, -0.2) is 22.8 Å². The summed E-state index contributed by atoms with van der Waals surface area (Å²) in [6, 6.07) is 0. The first kappa shape index (κ1) is 15.8. The van der Waals surface area contributed by atoms with Gasteiger partial charge in [0, 0.05) is 16.7 Å². The Morgan fingerprint density at radius 3 is 2.05 bits per heavy atom. The third kappa shape index (κ3) is 3.62. The summed E-state index contributed by atoms with van der Waals surface area (Å²) in [7, 11) is 0. The van der Waals surface area contributed by atoms with Gasteiger partial charge in [-0.25, -0.2) is 4.99 Å². The van der Waals surface area contributed by atoms with E-state index in [9.17, 15) is 0 Å². The van der Waals surface area contributed by atoms with E-state index in [0.29, 0.717) is 0 Å². The second-order valence-electron chi connectivity index (χ2n) is 7.36. The van der Waals surface area contributed by atoms with E-state index in [0.717, 1.165) is 29.5 Å².